The molecule has 0 aromatic carbocycles. The van der Waals surface area contributed by atoms with Crippen molar-refractivity contribution in [3.8, 4) is 0 Å². The van der Waals surface area contributed by atoms with Crippen molar-refractivity contribution in [1.82, 2.24) is 5.32 Å². The van der Waals surface area contributed by atoms with Crippen molar-refractivity contribution >= 4 is 37.8 Å². The molecule has 0 spiro atoms. The van der Waals surface area contributed by atoms with Gasteiger partial charge in [-0.2, -0.15) is 0 Å². The topological polar surface area (TPSA) is 29.1 Å². The minimum Gasteiger partial charge on any atom is -0.351 e. The van der Waals surface area contributed by atoms with Gasteiger partial charge in [-0.3, -0.25) is 4.79 Å². The zero-order valence-electron chi connectivity index (χ0n) is 5.18. The molecule has 4 atom stereocenters. The molecular formula is C6H7Br2NO. The molecule has 0 aromatic heterocycles. The summed E-state index contributed by atoms with van der Waals surface area (Å²) in [6.45, 7) is 0. The number of alkyl halides is 2. The molecule has 10 heavy (non-hydrogen) atoms. The summed E-state index contributed by atoms with van der Waals surface area (Å²) in [5.74, 6) is 0.414. The van der Waals surface area contributed by atoms with Crippen molar-refractivity contribution in [3.63, 3.8) is 0 Å². The molecule has 1 saturated carbocycles. The van der Waals surface area contributed by atoms with E-state index in [-0.39, 0.29) is 11.8 Å². The van der Waals surface area contributed by atoms with Crippen LogP contribution in [-0.2, 0) is 4.79 Å². The van der Waals surface area contributed by atoms with E-state index in [4.69, 9.17) is 0 Å². The molecule has 0 aromatic rings. The third kappa shape index (κ3) is 0.780. The lowest BCUT2D eigenvalue weighted by Crippen LogP contribution is -2.38. The first kappa shape index (κ1) is 7.10. The molecule has 1 amide bonds. The van der Waals surface area contributed by atoms with Gasteiger partial charge < -0.3 is 5.32 Å². The predicted molar refractivity (Wildman–Crippen MR) is 45.5 cm³/mol. The third-order valence-electron chi connectivity index (χ3n) is 2.24. The van der Waals surface area contributed by atoms with Crippen molar-refractivity contribution in [2.75, 3.05) is 0 Å². The second-order valence-corrected chi connectivity index (χ2v) is 5.07. The van der Waals surface area contributed by atoms with Crippen LogP contribution in [0.5, 0.6) is 0 Å². The Morgan fingerprint density at radius 2 is 2.20 bits per heavy atom. The van der Waals surface area contributed by atoms with Crippen molar-refractivity contribution in [2.45, 2.75) is 22.1 Å². The highest BCUT2D eigenvalue weighted by Gasteiger charge is 2.50. The van der Waals surface area contributed by atoms with Crippen LogP contribution in [0.25, 0.3) is 0 Å². The summed E-state index contributed by atoms with van der Waals surface area (Å²) in [6, 6.07) is 0.317. The van der Waals surface area contributed by atoms with Gasteiger partial charge in [0.2, 0.25) is 5.91 Å². The molecule has 4 heteroatoms. The Morgan fingerprint density at radius 3 is 2.50 bits per heavy atom. The summed E-state index contributed by atoms with van der Waals surface area (Å²) in [4.78, 5) is 11.9. The van der Waals surface area contributed by atoms with Crippen LogP contribution in [0.15, 0.2) is 0 Å². The maximum Gasteiger partial charge on any atom is 0.224 e. The smallest absolute Gasteiger partial charge is 0.224 e. The second kappa shape index (κ2) is 2.21. The fraction of sp³-hybridized carbons (Fsp3) is 0.833. The summed E-state index contributed by atoms with van der Waals surface area (Å²) >= 11 is 7.02. The molecule has 2 aliphatic rings. The number of fused-ring (bicyclic) bond motifs is 2. The Labute approximate surface area is 76.0 Å². The van der Waals surface area contributed by atoms with E-state index < -0.39 is 0 Å². The normalized spacial score (nSPS) is 51.6. The summed E-state index contributed by atoms with van der Waals surface area (Å²) in [5, 5.41) is 2.92. The largest absolute Gasteiger partial charge is 0.351 e. The molecule has 1 heterocycles. The minimum atomic E-state index is 0.203. The van der Waals surface area contributed by atoms with Gasteiger partial charge >= 0.3 is 0 Å². The zero-order chi connectivity index (χ0) is 7.30. The molecule has 1 N–H and O–H groups in total. The van der Waals surface area contributed by atoms with E-state index in [9.17, 15) is 4.79 Å². The fourth-order valence-electron chi connectivity index (χ4n) is 1.66. The van der Waals surface area contributed by atoms with Gasteiger partial charge in [0.05, 0.1) is 12.0 Å². The molecule has 1 aliphatic heterocycles. The average molecular weight is 269 g/mol. The number of carbonyl (C=O) groups excluding carboxylic acids is 1. The molecule has 2 bridgehead atoms. The minimum absolute atomic E-state index is 0.203. The molecule has 2 rings (SSSR count). The van der Waals surface area contributed by atoms with E-state index in [0.29, 0.717) is 15.7 Å². The van der Waals surface area contributed by atoms with Crippen LogP contribution in [0.4, 0.5) is 0 Å². The molecule has 1 aliphatic carbocycles. The van der Waals surface area contributed by atoms with Crippen LogP contribution in [0.1, 0.15) is 6.42 Å². The van der Waals surface area contributed by atoms with Crippen molar-refractivity contribution in [2.24, 2.45) is 5.92 Å². The monoisotopic (exact) mass is 267 g/mol. The second-order valence-electron chi connectivity index (χ2n) is 2.84. The molecular weight excluding hydrogens is 262 g/mol. The summed E-state index contributed by atoms with van der Waals surface area (Å²) in [5.41, 5.74) is 0. The SMILES string of the molecule is O=C1N[C@H]2[C@H](Br)[C@@H]1C[C@@H]2Br. The number of halogens is 2. The van der Waals surface area contributed by atoms with Crippen molar-refractivity contribution in [3.05, 3.63) is 0 Å². The van der Waals surface area contributed by atoms with E-state index in [0.717, 1.165) is 6.42 Å². The van der Waals surface area contributed by atoms with E-state index >= 15 is 0 Å². The van der Waals surface area contributed by atoms with Gasteiger partial charge in [-0.05, 0) is 6.42 Å². The quantitative estimate of drug-likeness (QED) is 0.654. The summed E-state index contributed by atoms with van der Waals surface area (Å²) in [6.07, 6.45) is 0.979. The van der Waals surface area contributed by atoms with E-state index in [1.807, 2.05) is 0 Å². The van der Waals surface area contributed by atoms with E-state index in [1.165, 1.54) is 0 Å². The average Bonchev–Trinajstić information content (AvgIpc) is 2.26. The highest BCUT2D eigenvalue weighted by Crippen LogP contribution is 2.40. The van der Waals surface area contributed by atoms with Crippen LogP contribution in [0, 0.1) is 5.92 Å². The predicted octanol–water partition coefficient (Wildman–Crippen LogP) is 1.03. The Bertz CT molecular complexity index is 185. The van der Waals surface area contributed by atoms with Gasteiger partial charge in [0.15, 0.2) is 0 Å². The number of hydrogen-bond donors (Lipinski definition) is 1. The van der Waals surface area contributed by atoms with Gasteiger partial charge in [0.1, 0.15) is 0 Å². The van der Waals surface area contributed by atoms with Gasteiger partial charge in [-0.15, -0.1) is 0 Å². The van der Waals surface area contributed by atoms with Crippen LogP contribution < -0.4 is 5.32 Å². The molecule has 2 fully saturated rings. The van der Waals surface area contributed by atoms with Gasteiger partial charge in [0, 0.05) is 9.65 Å². The van der Waals surface area contributed by atoms with E-state index in [2.05, 4.69) is 37.2 Å². The molecule has 56 valence electrons. The number of amides is 1. The highest BCUT2D eigenvalue weighted by atomic mass is 79.9. The molecule has 1 saturated heterocycles. The van der Waals surface area contributed by atoms with Gasteiger partial charge in [-0.25, -0.2) is 0 Å². The van der Waals surface area contributed by atoms with Crippen molar-refractivity contribution in [1.29, 1.82) is 0 Å². The Morgan fingerprint density at radius 1 is 1.50 bits per heavy atom. The van der Waals surface area contributed by atoms with Crippen molar-refractivity contribution < 1.29 is 4.79 Å². The maximum absolute atomic E-state index is 11.0. The first-order valence-electron chi connectivity index (χ1n) is 3.28. The standard InChI is InChI=1S/C6H7Br2NO/c7-3-1-2-4(8)5(3)9-6(2)10/h2-5H,1H2,(H,9,10)/t2-,3-,4+,5+/m0/s1. The maximum atomic E-state index is 11.0. The molecule has 0 unspecified atom stereocenters. The third-order valence-corrected chi connectivity index (χ3v) is 4.39. The molecule has 2 nitrogen and oxygen atoms in total. The number of carbonyl (C=O) groups is 1. The lowest BCUT2D eigenvalue weighted by atomic mass is 10.1. The molecule has 0 radical (unpaired) electrons. The Kier molecular flexibility index (Phi) is 1.57. The van der Waals surface area contributed by atoms with Crippen LogP contribution in [-0.4, -0.2) is 21.6 Å². The lowest BCUT2D eigenvalue weighted by molar-refractivity contribution is -0.123. The Hall–Kier alpha value is 0.430. The van der Waals surface area contributed by atoms with Crippen LogP contribution >= 0.6 is 31.9 Å². The fourth-order valence-corrected chi connectivity index (χ4v) is 3.89. The first-order valence-corrected chi connectivity index (χ1v) is 5.12. The number of piperidine rings is 1. The summed E-state index contributed by atoms with van der Waals surface area (Å²) in [7, 11) is 0. The van der Waals surface area contributed by atoms with Crippen LogP contribution in [0.2, 0.25) is 0 Å². The lowest BCUT2D eigenvalue weighted by Gasteiger charge is -2.15. The van der Waals surface area contributed by atoms with Gasteiger partial charge in [-0.1, -0.05) is 31.9 Å². The first-order chi connectivity index (χ1) is 4.70. The number of nitrogens with one attached hydrogen (secondary N) is 1. The van der Waals surface area contributed by atoms with Gasteiger partial charge in [0.25, 0.3) is 0 Å². The van der Waals surface area contributed by atoms with Crippen LogP contribution in [0.3, 0.4) is 0 Å². The highest BCUT2D eigenvalue weighted by molar-refractivity contribution is 9.10. The zero-order valence-corrected chi connectivity index (χ0v) is 8.35. The van der Waals surface area contributed by atoms with E-state index in [1.54, 1.807) is 0 Å². The number of hydrogen-bond acceptors (Lipinski definition) is 1. The Balaban J connectivity index is 2.25. The summed E-state index contributed by atoms with van der Waals surface area (Å²) < 4.78 is 0. The number of rotatable bonds is 0.